The first-order chi connectivity index (χ1) is 8.16. The summed E-state index contributed by atoms with van der Waals surface area (Å²) < 4.78 is 4.50. The predicted octanol–water partition coefficient (Wildman–Crippen LogP) is -0.381. The van der Waals surface area contributed by atoms with Crippen molar-refractivity contribution < 1.29 is 34.4 Å². The Bertz CT molecular complexity index is 333. The fourth-order valence-electron chi connectivity index (χ4n) is 0.984. The Balaban J connectivity index is -0.000000269. The summed E-state index contributed by atoms with van der Waals surface area (Å²) in [5.74, 6) is -2.25. The van der Waals surface area contributed by atoms with E-state index in [1.807, 2.05) is 0 Å². The zero-order valence-electron chi connectivity index (χ0n) is 9.86. The third-order valence-electron chi connectivity index (χ3n) is 2.11. The van der Waals surface area contributed by atoms with Crippen LogP contribution in [0.2, 0.25) is 0 Å². The lowest BCUT2D eigenvalue weighted by atomic mass is 10.2. The van der Waals surface area contributed by atoms with E-state index in [1.54, 1.807) is 0 Å². The van der Waals surface area contributed by atoms with Gasteiger partial charge >= 0.3 is 18.0 Å². The van der Waals surface area contributed by atoms with Crippen LogP contribution in [0.4, 0.5) is 4.79 Å². The second-order valence-corrected chi connectivity index (χ2v) is 3.68. The molecule has 0 saturated carbocycles. The summed E-state index contributed by atoms with van der Waals surface area (Å²) in [6.45, 7) is 2.86. The third-order valence-corrected chi connectivity index (χ3v) is 2.11. The van der Waals surface area contributed by atoms with E-state index >= 15 is 0 Å². The minimum atomic E-state index is -1.18. The molecule has 0 aromatic carbocycles. The number of nitrogens with two attached hydrogens (primary N) is 1. The molecule has 1 fully saturated rings. The van der Waals surface area contributed by atoms with Crippen molar-refractivity contribution in [2.45, 2.75) is 53.0 Å². The Hall–Kier alpha value is -1.87. The van der Waals surface area contributed by atoms with Crippen LogP contribution in [-0.2, 0) is 14.3 Å². The standard InChI is InChI=1S/C5H7NO4.C4H9NO3.2CH4/c1-2-3(4(7)8)6-5(9)10-2;1-2(6)3(5)4(7)8;;/h2-3H,1H3,(H,6,9)(H,7,8);2-3,6H,5H2,1H3,(H,7,8);2*1H4/t2*2-,3-;;/m00../s1. The van der Waals surface area contributed by atoms with Gasteiger partial charge in [0.2, 0.25) is 0 Å². The number of nitrogens with one attached hydrogen (secondary N) is 1. The Labute approximate surface area is 117 Å². The average molecular weight is 296 g/mol. The monoisotopic (exact) mass is 296 g/mol. The van der Waals surface area contributed by atoms with Gasteiger partial charge in [0.15, 0.2) is 6.04 Å². The molecule has 20 heavy (non-hydrogen) atoms. The van der Waals surface area contributed by atoms with Crippen molar-refractivity contribution in [3.63, 3.8) is 0 Å². The van der Waals surface area contributed by atoms with Crippen LogP contribution in [0.1, 0.15) is 28.7 Å². The SMILES string of the molecule is C.C.C[C@@H]1OC(=O)N[C@@H]1C(=O)O.C[C@H](O)[C@H](N)C(=O)O. The maximum absolute atomic E-state index is 10.4. The van der Waals surface area contributed by atoms with Gasteiger partial charge in [0.05, 0.1) is 6.10 Å². The number of aliphatic hydroxyl groups is 1. The van der Waals surface area contributed by atoms with Crippen LogP contribution < -0.4 is 11.1 Å². The number of amides is 1. The summed E-state index contributed by atoms with van der Waals surface area (Å²) in [5, 5.41) is 27.1. The van der Waals surface area contributed by atoms with Gasteiger partial charge < -0.3 is 31.1 Å². The first-order valence-electron chi connectivity index (χ1n) is 5.03. The van der Waals surface area contributed by atoms with Gasteiger partial charge in [0, 0.05) is 0 Å². The lowest BCUT2D eigenvalue weighted by Crippen LogP contribution is -2.39. The number of rotatable bonds is 3. The highest BCUT2D eigenvalue weighted by atomic mass is 16.6. The van der Waals surface area contributed by atoms with E-state index in [-0.39, 0.29) is 14.9 Å². The lowest BCUT2D eigenvalue weighted by Gasteiger charge is -2.06. The minimum absolute atomic E-state index is 0. The van der Waals surface area contributed by atoms with E-state index in [0.717, 1.165) is 0 Å². The van der Waals surface area contributed by atoms with Gasteiger partial charge in [0.1, 0.15) is 12.1 Å². The molecule has 0 unspecified atom stereocenters. The molecule has 0 bridgehead atoms. The van der Waals surface area contributed by atoms with Crippen LogP contribution in [0, 0.1) is 0 Å². The molecule has 1 aliphatic heterocycles. The Morgan fingerprint density at radius 1 is 1.35 bits per heavy atom. The zero-order valence-corrected chi connectivity index (χ0v) is 9.86. The van der Waals surface area contributed by atoms with Crippen molar-refractivity contribution in [1.82, 2.24) is 5.32 Å². The summed E-state index contributed by atoms with van der Waals surface area (Å²) in [6, 6.07) is -2.05. The molecule has 1 rings (SSSR count). The maximum atomic E-state index is 10.4. The lowest BCUT2D eigenvalue weighted by molar-refractivity contribution is -0.141. The topological polar surface area (TPSA) is 159 Å². The predicted molar refractivity (Wildman–Crippen MR) is 71.3 cm³/mol. The number of carbonyl (C=O) groups is 3. The van der Waals surface area contributed by atoms with Crippen LogP contribution in [0.25, 0.3) is 0 Å². The van der Waals surface area contributed by atoms with Crippen LogP contribution in [-0.4, -0.2) is 57.6 Å². The van der Waals surface area contributed by atoms with Gasteiger partial charge in [-0.2, -0.15) is 0 Å². The number of hydrogen-bond acceptors (Lipinski definition) is 6. The highest BCUT2D eigenvalue weighted by Gasteiger charge is 2.35. The molecule has 6 N–H and O–H groups in total. The number of cyclic esters (lactones) is 1. The number of carboxylic acids is 2. The Kier molecular flexibility index (Phi) is 11.6. The van der Waals surface area contributed by atoms with Crippen molar-refractivity contribution in [1.29, 1.82) is 0 Å². The number of carbonyl (C=O) groups excluding carboxylic acids is 1. The van der Waals surface area contributed by atoms with Crippen molar-refractivity contribution in [3.8, 4) is 0 Å². The summed E-state index contributed by atoms with van der Waals surface area (Å²) in [5.41, 5.74) is 4.91. The second kappa shape index (κ2) is 9.98. The highest BCUT2D eigenvalue weighted by Crippen LogP contribution is 2.06. The molecule has 1 amide bonds. The van der Waals surface area contributed by atoms with Gasteiger partial charge in [0.25, 0.3) is 0 Å². The van der Waals surface area contributed by atoms with Crippen LogP contribution >= 0.6 is 0 Å². The molecule has 9 heteroatoms. The molecular weight excluding hydrogens is 272 g/mol. The van der Waals surface area contributed by atoms with Crippen molar-refractivity contribution in [2.75, 3.05) is 0 Å². The number of hydrogen-bond donors (Lipinski definition) is 5. The summed E-state index contributed by atoms with van der Waals surface area (Å²) in [7, 11) is 0. The first-order valence-corrected chi connectivity index (χ1v) is 5.03. The fraction of sp³-hybridized carbons (Fsp3) is 0.727. The highest BCUT2D eigenvalue weighted by molar-refractivity contribution is 5.83. The molecule has 1 saturated heterocycles. The van der Waals surface area contributed by atoms with Crippen LogP contribution in [0.5, 0.6) is 0 Å². The average Bonchev–Trinajstić information content (AvgIpc) is 2.57. The Morgan fingerprint density at radius 2 is 1.80 bits per heavy atom. The van der Waals surface area contributed by atoms with Crippen molar-refractivity contribution in [2.24, 2.45) is 5.73 Å². The molecule has 4 atom stereocenters. The number of alkyl carbamates (subject to hydrolysis) is 1. The van der Waals surface area contributed by atoms with E-state index in [2.05, 4.69) is 10.1 Å². The van der Waals surface area contributed by atoms with Gasteiger partial charge in [-0.3, -0.25) is 4.79 Å². The Morgan fingerprint density at radius 3 is 1.90 bits per heavy atom. The molecule has 0 radical (unpaired) electrons. The molecule has 0 spiro atoms. The number of carboxylic acid groups (broad SMARTS) is 2. The quantitative estimate of drug-likeness (QED) is 0.471. The molecule has 120 valence electrons. The summed E-state index contributed by atoms with van der Waals surface area (Å²) in [4.78, 5) is 30.5. The minimum Gasteiger partial charge on any atom is -0.480 e. The van der Waals surface area contributed by atoms with Gasteiger partial charge in [-0.15, -0.1) is 0 Å². The van der Waals surface area contributed by atoms with E-state index in [9.17, 15) is 14.4 Å². The summed E-state index contributed by atoms with van der Waals surface area (Å²) in [6.07, 6.45) is -2.22. The molecule has 0 aromatic rings. The van der Waals surface area contributed by atoms with Crippen molar-refractivity contribution >= 4 is 18.0 Å². The van der Waals surface area contributed by atoms with E-state index in [0.29, 0.717) is 0 Å². The number of aliphatic carboxylic acids is 2. The van der Waals surface area contributed by atoms with Gasteiger partial charge in [-0.1, -0.05) is 14.9 Å². The molecule has 1 aliphatic rings. The first kappa shape index (κ1) is 23.2. The van der Waals surface area contributed by atoms with Gasteiger partial charge in [-0.25, -0.2) is 9.59 Å². The molecule has 9 nitrogen and oxygen atoms in total. The van der Waals surface area contributed by atoms with Gasteiger partial charge in [-0.05, 0) is 13.8 Å². The number of ether oxygens (including phenoxy) is 1. The van der Waals surface area contributed by atoms with E-state index < -0.39 is 42.3 Å². The second-order valence-electron chi connectivity index (χ2n) is 3.68. The number of aliphatic hydroxyl groups excluding tert-OH is 1. The molecule has 0 aromatic heterocycles. The molecule has 0 aliphatic carbocycles. The fourth-order valence-corrected chi connectivity index (χ4v) is 0.984. The maximum Gasteiger partial charge on any atom is 0.408 e. The zero-order chi connectivity index (χ0) is 14.5. The normalized spacial score (nSPS) is 22.5. The van der Waals surface area contributed by atoms with Crippen molar-refractivity contribution in [3.05, 3.63) is 0 Å². The largest absolute Gasteiger partial charge is 0.480 e. The van der Waals surface area contributed by atoms with Crippen LogP contribution in [0.15, 0.2) is 0 Å². The third kappa shape index (κ3) is 7.54. The molecular formula is C11H24N2O7. The van der Waals surface area contributed by atoms with Crippen LogP contribution in [0.3, 0.4) is 0 Å². The summed E-state index contributed by atoms with van der Waals surface area (Å²) >= 11 is 0. The smallest absolute Gasteiger partial charge is 0.408 e. The van der Waals surface area contributed by atoms with E-state index in [1.165, 1.54) is 13.8 Å². The van der Waals surface area contributed by atoms with E-state index in [4.69, 9.17) is 21.1 Å². The molecule has 1 heterocycles.